The molecule has 0 unspecified atom stereocenters. The van der Waals surface area contributed by atoms with Crippen LogP contribution in [0.2, 0.25) is 0 Å². The van der Waals surface area contributed by atoms with Gasteiger partial charge in [0.25, 0.3) is 0 Å². The van der Waals surface area contributed by atoms with Crippen molar-refractivity contribution in [2.24, 2.45) is 0 Å². The molecule has 2 fully saturated rings. The molecule has 1 atom stereocenters. The summed E-state index contributed by atoms with van der Waals surface area (Å²) in [5, 5.41) is 6.48. The normalized spacial score (nSPS) is 22.7. The third kappa shape index (κ3) is 4.91. The quantitative estimate of drug-likeness (QED) is 0.630. The van der Waals surface area contributed by atoms with E-state index in [1.807, 2.05) is 20.0 Å². The average molecular weight is 515 g/mol. The van der Waals surface area contributed by atoms with Gasteiger partial charge in [-0.25, -0.2) is 23.2 Å². The van der Waals surface area contributed by atoms with Gasteiger partial charge in [-0.2, -0.15) is 4.31 Å². The van der Waals surface area contributed by atoms with Gasteiger partial charge in [0.15, 0.2) is 0 Å². The van der Waals surface area contributed by atoms with E-state index >= 15 is 0 Å². The third-order valence-corrected chi connectivity index (χ3v) is 9.28. The number of ether oxygens (including phenoxy) is 1. The minimum atomic E-state index is -3.60. The first kappa shape index (κ1) is 24.9. The number of nitrogens with one attached hydrogen (secondary N) is 2. The van der Waals surface area contributed by atoms with Gasteiger partial charge in [0.1, 0.15) is 0 Å². The Hall–Kier alpha value is -2.76. The molecule has 0 radical (unpaired) electrons. The minimum absolute atomic E-state index is 0.221. The number of urea groups is 1. The van der Waals surface area contributed by atoms with Gasteiger partial charge in [0.05, 0.1) is 22.7 Å². The number of hydrogen-bond acceptors (Lipinski definition) is 7. The SMILES string of the molecule is CC1(C)c2cnc(NC3CCOCC3)nc2CN1C(=O)N[C@@H]1CCCN(S(=O)(=O)c2ccccc2)C1. The Kier molecular flexibility index (Phi) is 6.88. The zero-order chi connectivity index (χ0) is 25.3. The first-order chi connectivity index (χ1) is 17.2. The smallest absolute Gasteiger partial charge is 0.318 e. The van der Waals surface area contributed by atoms with Gasteiger partial charge >= 0.3 is 6.03 Å². The summed E-state index contributed by atoms with van der Waals surface area (Å²) >= 11 is 0. The number of aromatic nitrogens is 2. The van der Waals surface area contributed by atoms with Crippen LogP contribution >= 0.6 is 0 Å². The maximum atomic E-state index is 13.4. The number of carbonyl (C=O) groups excluding carboxylic acids is 1. The summed E-state index contributed by atoms with van der Waals surface area (Å²) in [7, 11) is -3.60. The van der Waals surface area contributed by atoms with Crippen LogP contribution in [0.5, 0.6) is 0 Å². The second-order valence-electron chi connectivity index (χ2n) is 10.2. The van der Waals surface area contributed by atoms with Gasteiger partial charge in [-0.3, -0.25) is 0 Å². The van der Waals surface area contributed by atoms with Crippen LogP contribution in [0.3, 0.4) is 0 Å². The molecule has 4 heterocycles. The number of sulfonamides is 1. The number of carbonyl (C=O) groups is 1. The Balaban J connectivity index is 1.25. The van der Waals surface area contributed by atoms with Crippen LogP contribution in [0.1, 0.15) is 50.8 Å². The maximum Gasteiger partial charge on any atom is 0.318 e. The van der Waals surface area contributed by atoms with Crippen molar-refractivity contribution in [2.45, 2.75) is 68.6 Å². The number of benzene rings is 1. The van der Waals surface area contributed by atoms with Crippen molar-refractivity contribution >= 4 is 22.0 Å². The molecule has 2 amide bonds. The lowest BCUT2D eigenvalue weighted by Crippen LogP contribution is -2.54. The van der Waals surface area contributed by atoms with Crippen molar-refractivity contribution < 1.29 is 17.9 Å². The van der Waals surface area contributed by atoms with Crippen LogP contribution in [0.4, 0.5) is 10.7 Å². The lowest BCUT2D eigenvalue weighted by Gasteiger charge is -2.36. The number of fused-ring (bicyclic) bond motifs is 1. The predicted octanol–water partition coefficient (Wildman–Crippen LogP) is 2.68. The van der Waals surface area contributed by atoms with Gasteiger partial charge in [-0.1, -0.05) is 18.2 Å². The highest BCUT2D eigenvalue weighted by atomic mass is 32.2. The van der Waals surface area contributed by atoms with Crippen molar-refractivity contribution in [2.75, 3.05) is 31.6 Å². The lowest BCUT2D eigenvalue weighted by molar-refractivity contribution is 0.0903. The van der Waals surface area contributed by atoms with Crippen LogP contribution in [0.15, 0.2) is 41.4 Å². The molecule has 2 N–H and O–H groups in total. The third-order valence-electron chi connectivity index (χ3n) is 7.40. The van der Waals surface area contributed by atoms with Crippen molar-refractivity contribution in [1.29, 1.82) is 0 Å². The monoisotopic (exact) mass is 514 g/mol. The first-order valence-corrected chi connectivity index (χ1v) is 14.0. The van der Waals surface area contributed by atoms with E-state index in [0.29, 0.717) is 25.5 Å². The van der Waals surface area contributed by atoms with Gasteiger partial charge in [-0.15, -0.1) is 0 Å². The molecule has 10 nitrogen and oxygen atoms in total. The summed E-state index contributed by atoms with van der Waals surface area (Å²) in [6, 6.07) is 8.24. The molecule has 36 heavy (non-hydrogen) atoms. The molecular weight excluding hydrogens is 480 g/mol. The molecule has 0 bridgehead atoms. The second-order valence-corrected chi connectivity index (χ2v) is 12.1. The summed E-state index contributed by atoms with van der Waals surface area (Å²) < 4.78 is 33.0. The average Bonchev–Trinajstić information content (AvgIpc) is 3.15. The molecule has 1 aromatic heterocycles. The molecule has 11 heteroatoms. The van der Waals surface area contributed by atoms with E-state index in [2.05, 4.69) is 15.6 Å². The van der Waals surface area contributed by atoms with Crippen LogP contribution in [0, 0.1) is 0 Å². The van der Waals surface area contributed by atoms with E-state index in [0.717, 1.165) is 43.7 Å². The van der Waals surface area contributed by atoms with Crippen LogP contribution in [-0.2, 0) is 26.8 Å². The van der Waals surface area contributed by atoms with E-state index in [4.69, 9.17) is 9.72 Å². The van der Waals surface area contributed by atoms with Crippen molar-refractivity contribution in [3.63, 3.8) is 0 Å². The topological polar surface area (TPSA) is 117 Å². The maximum absolute atomic E-state index is 13.4. The van der Waals surface area contributed by atoms with E-state index in [1.54, 1.807) is 35.2 Å². The second kappa shape index (κ2) is 9.95. The highest BCUT2D eigenvalue weighted by molar-refractivity contribution is 7.89. The fourth-order valence-electron chi connectivity index (χ4n) is 5.23. The predicted molar refractivity (Wildman–Crippen MR) is 135 cm³/mol. The van der Waals surface area contributed by atoms with E-state index in [1.165, 1.54) is 4.31 Å². The molecule has 0 aliphatic carbocycles. The highest BCUT2D eigenvalue weighted by Gasteiger charge is 2.43. The molecular formula is C25H34N6O4S. The molecule has 3 aliphatic heterocycles. The van der Waals surface area contributed by atoms with Gasteiger partial charge in [0, 0.05) is 50.1 Å². The molecule has 1 aromatic carbocycles. The fraction of sp³-hybridized carbons (Fsp3) is 0.560. The number of anilines is 1. The summed E-state index contributed by atoms with van der Waals surface area (Å²) in [6.45, 7) is 6.51. The van der Waals surface area contributed by atoms with E-state index in [9.17, 15) is 13.2 Å². The Morgan fingerprint density at radius 3 is 2.61 bits per heavy atom. The van der Waals surface area contributed by atoms with Crippen LogP contribution in [-0.4, -0.2) is 72.0 Å². The van der Waals surface area contributed by atoms with Crippen molar-refractivity contribution in [1.82, 2.24) is 24.5 Å². The van der Waals surface area contributed by atoms with Crippen LogP contribution < -0.4 is 10.6 Å². The molecule has 0 saturated carbocycles. The molecule has 0 spiro atoms. The van der Waals surface area contributed by atoms with Crippen LogP contribution in [0.25, 0.3) is 0 Å². The fourth-order valence-corrected chi connectivity index (χ4v) is 6.78. The standard InChI is InChI=1S/C25H34N6O4S/c1-25(2)21-15-26-23(27-18-10-13-35-14-11-18)29-22(21)17-31(25)24(32)28-19-7-6-12-30(16-19)36(33,34)20-8-4-3-5-9-20/h3-5,8-9,15,18-19H,6-7,10-14,16-17H2,1-2H3,(H,28,32)(H,26,27,29)/t19-/m1/s1. The number of nitrogens with zero attached hydrogens (tertiary/aromatic N) is 4. The van der Waals surface area contributed by atoms with Crippen molar-refractivity contribution in [3.8, 4) is 0 Å². The molecule has 194 valence electrons. The van der Waals surface area contributed by atoms with Crippen molar-refractivity contribution in [3.05, 3.63) is 47.8 Å². The summed E-state index contributed by atoms with van der Waals surface area (Å²) in [5.74, 6) is 0.577. The van der Waals surface area contributed by atoms with Gasteiger partial charge in [-0.05, 0) is 51.7 Å². The Labute approximate surface area is 212 Å². The van der Waals surface area contributed by atoms with Gasteiger partial charge in [0.2, 0.25) is 16.0 Å². The number of piperidine rings is 1. The number of amides is 2. The lowest BCUT2D eigenvalue weighted by atomic mass is 9.97. The molecule has 2 saturated heterocycles. The summed E-state index contributed by atoms with van der Waals surface area (Å²) in [6.07, 6.45) is 5.06. The summed E-state index contributed by atoms with van der Waals surface area (Å²) in [5.41, 5.74) is 1.17. The minimum Gasteiger partial charge on any atom is -0.381 e. The number of rotatable bonds is 5. The zero-order valence-corrected chi connectivity index (χ0v) is 21.6. The Morgan fingerprint density at radius 1 is 1.11 bits per heavy atom. The first-order valence-electron chi connectivity index (χ1n) is 12.6. The van der Waals surface area contributed by atoms with E-state index in [-0.39, 0.29) is 29.6 Å². The Bertz CT molecular complexity index is 1200. The molecule has 3 aliphatic rings. The number of hydrogen-bond donors (Lipinski definition) is 2. The molecule has 2 aromatic rings. The molecule has 5 rings (SSSR count). The summed E-state index contributed by atoms with van der Waals surface area (Å²) in [4.78, 5) is 24.7. The largest absolute Gasteiger partial charge is 0.381 e. The van der Waals surface area contributed by atoms with Gasteiger partial charge < -0.3 is 20.3 Å². The zero-order valence-electron chi connectivity index (χ0n) is 20.8. The highest BCUT2D eigenvalue weighted by Crippen LogP contribution is 2.38. The van der Waals surface area contributed by atoms with E-state index < -0.39 is 15.6 Å². The Morgan fingerprint density at radius 2 is 1.86 bits per heavy atom.